The van der Waals surface area contributed by atoms with Gasteiger partial charge in [0.2, 0.25) is 5.91 Å². The maximum Gasteiger partial charge on any atom is 0.224 e. The minimum atomic E-state index is -0.0288. The Morgan fingerprint density at radius 1 is 1.25 bits per heavy atom. The number of hydrogen-bond donors (Lipinski definition) is 1. The van der Waals surface area contributed by atoms with Crippen molar-refractivity contribution >= 4 is 11.6 Å². The summed E-state index contributed by atoms with van der Waals surface area (Å²) in [5.74, 6) is 1.59. The molecule has 0 radical (unpaired) electrons. The van der Waals surface area contributed by atoms with Crippen molar-refractivity contribution < 1.29 is 13.9 Å². The first-order valence-corrected chi connectivity index (χ1v) is 6.72. The normalized spacial score (nSPS) is 10.6. The van der Waals surface area contributed by atoms with Gasteiger partial charge >= 0.3 is 0 Å². The summed E-state index contributed by atoms with van der Waals surface area (Å²) in [4.78, 5) is 11.8. The predicted molar refractivity (Wildman–Crippen MR) is 77.9 cm³/mol. The van der Waals surface area contributed by atoms with Crippen molar-refractivity contribution in [2.24, 2.45) is 0 Å². The van der Waals surface area contributed by atoms with E-state index < -0.39 is 0 Å². The molecule has 20 heavy (non-hydrogen) atoms. The average molecular weight is 273 g/mol. The third-order valence-electron chi connectivity index (χ3n) is 2.69. The van der Waals surface area contributed by atoms with Crippen molar-refractivity contribution in [1.29, 1.82) is 0 Å². The van der Waals surface area contributed by atoms with Crippen LogP contribution in [0.25, 0.3) is 0 Å². The quantitative estimate of drug-likeness (QED) is 0.874. The van der Waals surface area contributed by atoms with Crippen LogP contribution in [0.15, 0.2) is 47.1 Å². The molecule has 1 aromatic carbocycles. The fourth-order valence-corrected chi connectivity index (χ4v) is 1.80. The number of carbonyl (C=O) groups is 1. The number of hydrogen-bond acceptors (Lipinski definition) is 3. The molecule has 4 nitrogen and oxygen atoms in total. The first-order chi connectivity index (χ1) is 9.63. The first-order valence-electron chi connectivity index (χ1n) is 6.72. The van der Waals surface area contributed by atoms with Gasteiger partial charge < -0.3 is 14.5 Å². The molecule has 0 aliphatic rings. The molecule has 0 spiro atoms. The van der Waals surface area contributed by atoms with Crippen LogP contribution in [-0.2, 0) is 11.2 Å². The molecule has 4 heteroatoms. The molecule has 0 aliphatic heterocycles. The highest BCUT2D eigenvalue weighted by Crippen LogP contribution is 2.17. The lowest BCUT2D eigenvalue weighted by Gasteiger charge is -2.10. The number of benzene rings is 1. The SMILES string of the molecule is CC(C)Oc1ccc(NC(=O)CCc2ccco2)cc1. The molecule has 0 atom stereocenters. The minimum Gasteiger partial charge on any atom is -0.491 e. The van der Waals surface area contributed by atoms with E-state index in [1.807, 2.05) is 50.2 Å². The Balaban J connectivity index is 1.81. The standard InChI is InChI=1S/C16H19NO3/c1-12(2)20-15-7-5-13(6-8-15)17-16(18)10-9-14-4-3-11-19-14/h3-8,11-12H,9-10H2,1-2H3,(H,17,18). The van der Waals surface area contributed by atoms with E-state index in [4.69, 9.17) is 9.15 Å². The molecule has 1 heterocycles. The first kappa shape index (κ1) is 14.2. The highest BCUT2D eigenvalue weighted by Gasteiger charge is 2.05. The van der Waals surface area contributed by atoms with Crippen molar-refractivity contribution in [3.05, 3.63) is 48.4 Å². The molecule has 106 valence electrons. The fraction of sp³-hybridized carbons (Fsp3) is 0.312. The Hall–Kier alpha value is -2.23. The molecule has 0 saturated heterocycles. The summed E-state index contributed by atoms with van der Waals surface area (Å²) >= 11 is 0. The van der Waals surface area contributed by atoms with Gasteiger partial charge in [0.05, 0.1) is 12.4 Å². The molecule has 0 saturated carbocycles. The Kier molecular flexibility index (Phi) is 4.82. The summed E-state index contributed by atoms with van der Waals surface area (Å²) < 4.78 is 10.7. The Morgan fingerprint density at radius 3 is 2.60 bits per heavy atom. The van der Waals surface area contributed by atoms with Gasteiger partial charge in [-0.15, -0.1) is 0 Å². The molecular formula is C16H19NO3. The van der Waals surface area contributed by atoms with Crippen molar-refractivity contribution in [1.82, 2.24) is 0 Å². The summed E-state index contributed by atoms with van der Waals surface area (Å²) in [6, 6.07) is 11.1. The molecule has 2 aromatic rings. The van der Waals surface area contributed by atoms with Gasteiger partial charge in [-0.2, -0.15) is 0 Å². The van der Waals surface area contributed by atoms with Crippen molar-refractivity contribution in [3.63, 3.8) is 0 Å². The minimum absolute atomic E-state index is 0.0288. The number of nitrogens with one attached hydrogen (secondary N) is 1. The van der Waals surface area contributed by atoms with E-state index in [-0.39, 0.29) is 12.0 Å². The molecule has 2 rings (SSSR count). The van der Waals surface area contributed by atoms with Crippen LogP contribution < -0.4 is 10.1 Å². The number of ether oxygens (including phenoxy) is 1. The van der Waals surface area contributed by atoms with E-state index in [0.29, 0.717) is 12.8 Å². The molecule has 0 unspecified atom stereocenters. The number of rotatable bonds is 6. The lowest BCUT2D eigenvalue weighted by molar-refractivity contribution is -0.116. The van der Waals surface area contributed by atoms with Gasteiger partial charge in [0.15, 0.2) is 0 Å². The Morgan fingerprint density at radius 2 is 2.00 bits per heavy atom. The molecule has 1 N–H and O–H groups in total. The molecule has 0 fully saturated rings. The van der Waals surface area contributed by atoms with Crippen molar-refractivity contribution in [2.75, 3.05) is 5.32 Å². The van der Waals surface area contributed by atoms with Crippen LogP contribution in [0.2, 0.25) is 0 Å². The van der Waals surface area contributed by atoms with E-state index in [1.165, 1.54) is 0 Å². The van der Waals surface area contributed by atoms with Crippen LogP contribution in [-0.4, -0.2) is 12.0 Å². The van der Waals surface area contributed by atoms with Gasteiger partial charge in [-0.05, 0) is 50.2 Å². The molecule has 0 bridgehead atoms. The van der Waals surface area contributed by atoms with Gasteiger partial charge in [0, 0.05) is 18.5 Å². The van der Waals surface area contributed by atoms with Gasteiger partial charge in [-0.3, -0.25) is 4.79 Å². The van der Waals surface area contributed by atoms with E-state index in [9.17, 15) is 4.79 Å². The fourth-order valence-electron chi connectivity index (χ4n) is 1.80. The summed E-state index contributed by atoms with van der Waals surface area (Å²) in [6.45, 7) is 3.95. The summed E-state index contributed by atoms with van der Waals surface area (Å²) in [6.07, 6.45) is 2.76. The highest BCUT2D eigenvalue weighted by atomic mass is 16.5. The number of carbonyl (C=O) groups excluding carboxylic acids is 1. The maximum absolute atomic E-state index is 11.8. The number of anilines is 1. The predicted octanol–water partition coefficient (Wildman–Crippen LogP) is 3.64. The highest BCUT2D eigenvalue weighted by molar-refractivity contribution is 5.90. The van der Waals surface area contributed by atoms with Gasteiger partial charge in [0.25, 0.3) is 0 Å². The van der Waals surface area contributed by atoms with Crippen LogP contribution >= 0.6 is 0 Å². The summed E-state index contributed by atoms with van der Waals surface area (Å²) in [5.41, 5.74) is 0.769. The smallest absolute Gasteiger partial charge is 0.224 e. The van der Waals surface area contributed by atoms with Crippen LogP contribution in [0.1, 0.15) is 26.0 Å². The van der Waals surface area contributed by atoms with Gasteiger partial charge in [-0.1, -0.05) is 0 Å². The zero-order valence-electron chi connectivity index (χ0n) is 11.8. The monoisotopic (exact) mass is 273 g/mol. The summed E-state index contributed by atoms with van der Waals surface area (Å²) in [7, 11) is 0. The molecular weight excluding hydrogens is 254 g/mol. The number of amides is 1. The zero-order valence-corrected chi connectivity index (χ0v) is 11.8. The van der Waals surface area contributed by atoms with Gasteiger partial charge in [-0.25, -0.2) is 0 Å². The topological polar surface area (TPSA) is 51.5 Å². The third-order valence-corrected chi connectivity index (χ3v) is 2.69. The zero-order chi connectivity index (χ0) is 14.4. The summed E-state index contributed by atoms with van der Waals surface area (Å²) in [5, 5.41) is 2.85. The lowest BCUT2D eigenvalue weighted by Crippen LogP contribution is -2.12. The van der Waals surface area contributed by atoms with Crippen LogP contribution in [0.3, 0.4) is 0 Å². The van der Waals surface area contributed by atoms with E-state index in [2.05, 4.69) is 5.32 Å². The van der Waals surface area contributed by atoms with E-state index >= 15 is 0 Å². The maximum atomic E-state index is 11.8. The average Bonchev–Trinajstić information content (AvgIpc) is 2.91. The van der Waals surface area contributed by atoms with E-state index in [1.54, 1.807) is 6.26 Å². The Bertz CT molecular complexity index is 529. The molecule has 1 aromatic heterocycles. The Labute approximate surface area is 118 Å². The molecule has 0 aliphatic carbocycles. The second kappa shape index (κ2) is 6.80. The van der Waals surface area contributed by atoms with Crippen molar-refractivity contribution in [2.45, 2.75) is 32.8 Å². The molecule has 1 amide bonds. The lowest BCUT2D eigenvalue weighted by atomic mass is 10.2. The number of furan rings is 1. The van der Waals surface area contributed by atoms with E-state index in [0.717, 1.165) is 17.2 Å². The van der Waals surface area contributed by atoms with Crippen LogP contribution in [0.5, 0.6) is 5.75 Å². The number of aryl methyl sites for hydroxylation is 1. The largest absolute Gasteiger partial charge is 0.491 e. The third kappa shape index (κ3) is 4.46. The van der Waals surface area contributed by atoms with Gasteiger partial charge in [0.1, 0.15) is 11.5 Å². The van der Waals surface area contributed by atoms with Crippen LogP contribution in [0.4, 0.5) is 5.69 Å². The second-order valence-electron chi connectivity index (χ2n) is 4.82. The van der Waals surface area contributed by atoms with Crippen LogP contribution in [0, 0.1) is 0 Å². The second-order valence-corrected chi connectivity index (χ2v) is 4.82. The van der Waals surface area contributed by atoms with Crippen molar-refractivity contribution in [3.8, 4) is 5.75 Å².